The van der Waals surface area contributed by atoms with Gasteiger partial charge in [0.25, 0.3) is 0 Å². The monoisotopic (exact) mass is 314 g/mol. The van der Waals surface area contributed by atoms with E-state index in [1.165, 1.54) is 19.1 Å². The Morgan fingerprint density at radius 3 is 2.44 bits per heavy atom. The van der Waals surface area contributed by atoms with Gasteiger partial charge < -0.3 is 0 Å². The van der Waals surface area contributed by atoms with Gasteiger partial charge in [-0.25, -0.2) is 0 Å². The van der Waals surface area contributed by atoms with Crippen LogP contribution in [0, 0.1) is 0 Å². The van der Waals surface area contributed by atoms with Gasteiger partial charge in [-0.1, -0.05) is 12.1 Å². The number of hydrogen-bond acceptors (Lipinski definition) is 3. The van der Waals surface area contributed by atoms with E-state index in [0.717, 1.165) is 11.8 Å². The van der Waals surface area contributed by atoms with Gasteiger partial charge >= 0.3 is 5.51 Å². The number of carbonyl (C=O) groups is 1. The number of halogens is 4. The largest absolute Gasteiger partial charge is 0.446 e. The smallest absolute Gasteiger partial charge is 0.298 e. The van der Waals surface area contributed by atoms with E-state index in [1.54, 1.807) is 12.3 Å². The molecule has 100 valence electrons. The highest BCUT2D eigenvalue weighted by Gasteiger charge is 2.31. The van der Waals surface area contributed by atoms with Crippen molar-refractivity contribution in [2.75, 3.05) is 6.26 Å². The highest BCUT2D eigenvalue weighted by molar-refractivity contribution is 8.02. The van der Waals surface area contributed by atoms with Crippen LogP contribution in [0.2, 0.25) is 0 Å². The molecule has 0 heterocycles. The van der Waals surface area contributed by atoms with E-state index < -0.39 is 10.9 Å². The second kappa shape index (κ2) is 6.21. The van der Waals surface area contributed by atoms with Gasteiger partial charge in [0.05, 0.1) is 0 Å². The molecule has 0 aromatic heterocycles. The molecule has 0 bridgehead atoms. The van der Waals surface area contributed by atoms with Gasteiger partial charge in [-0.15, -0.1) is 23.4 Å². The van der Waals surface area contributed by atoms with Crippen molar-refractivity contribution in [3.8, 4) is 0 Å². The Labute approximate surface area is 116 Å². The van der Waals surface area contributed by atoms with Crippen molar-refractivity contribution in [2.24, 2.45) is 0 Å². The molecular formula is C11H10ClF3OS2. The van der Waals surface area contributed by atoms with Crippen molar-refractivity contribution in [1.29, 1.82) is 0 Å². The molecule has 0 amide bonds. The third-order valence-corrected chi connectivity index (χ3v) is 4.40. The molecule has 1 aromatic rings. The summed E-state index contributed by atoms with van der Waals surface area (Å²) in [6, 6.07) is 4.42. The third-order valence-electron chi connectivity index (χ3n) is 2.07. The van der Waals surface area contributed by atoms with Crippen LogP contribution in [0.3, 0.4) is 0 Å². The van der Waals surface area contributed by atoms with Crippen LogP contribution in [0.5, 0.6) is 0 Å². The number of carbonyl (C=O) groups excluding carboxylic acids is 1. The van der Waals surface area contributed by atoms with Gasteiger partial charge in [0.15, 0.2) is 5.78 Å². The molecule has 0 N–H and O–H groups in total. The number of ketones is 1. The Morgan fingerprint density at radius 1 is 1.39 bits per heavy atom. The Balaban J connectivity index is 3.22. The fourth-order valence-corrected chi connectivity index (χ4v) is 3.29. The Hall–Kier alpha value is -0.330. The summed E-state index contributed by atoms with van der Waals surface area (Å²) < 4.78 is 37.2. The molecule has 0 saturated heterocycles. The van der Waals surface area contributed by atoms with Crippen LogP contribution in [0.25, 0.3) is 0 Å². The van der Waals surface area contributed by atoms with Crippen LogP contribution in [0.4, 0.5) is 13.2 Å². The van der Waals surface area contributed by atoms with Crippen LogP contribution in [0.1, 0.15) is 17.9 Å². The van der Waals surface area contributed by atoms with Gasteiger partial charge in [-0.2, -0.15) is 13.2 Å². The maximum Gasteiger partial charge on any atom is 0.446 e. The van der Waals surface area contributed by atoms with E-state index in [2.05, 4.69) is 0 Å². The van der Waals surface area contributed by atoms with Crippen LogP contribution >= 0.6 is 35.1 Å². The predicted octanol–water partition coefficient (Wildman–Crippen LogP) is 4.89. The lowest BCUT2D eigenvalue weighted by Gasteiger charge is -2.15. The first-order valence-electron chi connectivity index (χ1n) is 4.83. The van der Waals surface area contributed by atoms with Gasteiger partial charge in [0.1, 0.15) is 5.38 Å². The van der Waals surface area contributed by atoms with E-state index in [0.29, 0.717) is 10.5 Å². The molecule has 1 rings (SSSR count). The molecule has 1 atom stereocenters. The maximum absolute atomic E-state index is 12.4. The highest BCUT2D eigenvalue weighted by Crippen LogP contribution is 2.44. The fourth-order valence-electron chi connectivity index (χ4n) is 1.37. The summed E-state index contributed by atoms with van der Waals surface area (Å²) >= 11 is 6.87. The van der Waals surface area contributed by atoms with E-state index >= 15 is 0 Å². The first-order valence-corrected chi connectivity index (χ1v) is 7.31. The summed E-state index contributed by atoms with van der Waals surface area (Å²) in [4.78, 5) is 11.7. The molecule has 7 heteroatoms. The number of Topliss-reactive ketones (excluding diaryl/α,β-unsaturated/α-hetero) is 1. The molecule has 0 aliphatic carbocycles. The van der Waals surface area contributed by atoms with Gasteiger partial charge in [-0.3, -0.25) is 4.79 Å². The Bertz CT molecular complexity index is 448. The number of hydrogen-bond donors (Lipinski definition) is 0. The molecule has 0 spiro atoms. The summed E-state index contributed by atoms with van der Waals surface area (Å²) in [6.45, 7) is 1.31. The zero-order chi connectivity index (χ0) is 13.9. The quantitative estimate of drug-likeness (QED) is 0.582. The SMILES string of the molecule is CSc1c(SC(F)(F)F)cccc1C(Cl)C(C)=O. The van der Waals surface area contributed by atoms with Gasteiger partial charge in [0.2, 0.25) is 0 Å². The molecule has 0 aliphatic rings. The molecule has 1 aromatic carbocycles. The number of thioether (sulfide) groups is 2. The van der Waals surface area contributed by atoms with Crippen molar-refractivity contribution in [3.63, 3.8) is 0 Å². The summed E-state index contributed by atoms with van der Waals surface area (Å²) in [6.07, 6.45) is 1.66. The molecule has 0 saturated carbocycles. The summed E-state index contributed by atoms with van der Waals surface area (Å²) in [5.41, 5.74) is -3.94. The zero-order valence-electron chi connectivity index (χ0n) is 9.55. The van der Waals surface area contributed by atoms with Crippen molar-refractivity contribution in [3.05, 3.63) is 23.8 Å². The minimum Gasteiger partial charge on any atom is -0.298 e. The number of rotatable bonds is 4. The topological polar surface area (TPSA) is 17.1 Å². The Kier molecular flexibility index (Phi) is 5.43. The standard InChI is InChI=1S/C11H10ClF3OS2/c1-6(16)9(12)7-4-3-5-8(10(7)17-2)18-11(13,14)15/h3-5,9H,1-2H3. The molecule has 1 unspecified atom stereocenters. The van der Waals surface area contributed by atoms with E-state index in [4.69, 9.17) is 11.6 Å². The van der Waals surface area contributed by atoms with Gasteiger partial charge in [-0.05, 0) is 36.6 Å². The summed E-state index contributed by atoms with van der Waals surface area (Å²) in [7, 11) is 0. The normalized spacial score (nSPS) is 13.4. The van der Waals surface area contributed by atoms with Crippen LogP contribution < -0.4 is 0 Å². The van der Waals surface area contributed by atoms with Crippen LogP contribution in [-0.2, 0) is 4.79 Å². The summed E-state index contributed by atoms with van der Waals surface area (Å²) in [5.74, 6) is -0.291. The fraction of sp³-hybridized carbons (Fsp3) is 0.364. The lowest BCUT2D eigenvalue weighted by molar-refractivity contribution is -0.116. The number of benzene rings is 1. The highest BCUT2D eigenvalue weighted by atomic mass is 35.5. The van der Waals surface area contributed by atoms with Crippen molar-refractivity contribution < 1.29 is 18.0 Å². The van der Waals surface area contributed by atoms with Crippen molar-refractivity contribution >= 4 is 40.9 Å². The molecule has 0 radical (unpaired) electrons. The lowest BCUT2D eigenvalue weighted by Crippen LogP contribution is -2.05. The van der Waals surface area contributed by atoms with Crippen LogP contribution in [0.15, 0.2) is 28.0 Å². The Morgan fingerprint density at radius 2 is 2.00 bits per heavy atom. The molecule has 0 fully saturated rings. The van der Waals surface area contributed by atoms with E-state index in [1.807, 2.05) is 0 Å². The summed E-state index contributed by atoms with van der Waals surface area (Å²) in [5, 5.41) is -0.916. The average molecular weight is 315 g/mol. The second-order valence-corrected chi connectivity index (χ2v) is 5.76. The van der Waals surface area contributed by atoms with Crippen molar-refractivity contribution in [1.82, 2.24) is 0 Å². The van der Waals surface area contributed by atoms with Gasteiger partial charge in [0, 0.05) is 9.79 Å². The zero-order valence-corrected chi connectivity index (χ0v) is 11.9. The average Bonchev–Trinajstić information content (AvgIpc) is 2.25. The minimum atomic E-state index is -4.36. The first-order chi connectivity index (χ1) is 8.26. The maximum atomic E-state index is 12.4. The third kappa shape index (κ3) is 4.10. The van der Waals surface area contributed by atoms with E-state index in [-0.39, 0.29) is 22.4 Å². The van der Waals surface area contributed by atoms with E-state index in [9.17, 15) is 18.0 Å². The lowest BCUT2D eigenvalue weighted by atomic mass is 10.1. The molecular weight excluding hydrogens is 305 g/mol. The molecule has 0 aliphatic heterocycles. The predicted molar refractivity (Wildman–Crippen MR) is 69.4 cm³/mol. The second-order valence-electron chi connectivity index (χ2n) is 3.40. The van der Waals surface area contributed by atoms with Crippen LogP contribution in [-0.4, -0.2) is 17.5 Å². The molecule has 18 heavy (non-hydrogen) atoms. The van der Waals surface area contributed by atoms with Crippen molar-refractivity contribution in [2.45, 2.75) is 27.6 Å². The first kappa shape index (κ1) is 15.7. The minimum absolute atomic E-state index is 0.0689. The molecule has 1 nitrogen and oxygen atoms in total. The number of alkyl halides is 4.